The lowest BCUT2D eigenvalue weighted by molar-refractivity contribution is -0.119. The number of amides is 2. The van der Waals surface area contributed by atoms with E-state index in [1.807, 2.05) is 6.92 Å². The van der Waals surface area contributed by atoms with Crippen LogP contribution < -0.4 is 4.90 Å². The molecule has 0 aliphatic carbocycles. The number of aryl methyl sites for hydroxylation is 2. The maximum absolute atomic E-state index is 11.4. The molecule has 0 radical (unpaired) electrons. The minimum atomic E-state index is -0.303. The minimum Gasteiger partial charge on any atom is -0.273 e. The van der Waals surface area contributed by atoms with Crippen LogP contribution >= 0.6 is 0 Å². The Hall–Kier alpha value is -1.91. The molecular weight excluding hydrogens is 194 g/mol. The van der Waals surface area contributed by atoms with Crippen molar-refractivity contribution in [2.24, 2.45) is 7.05 Å². The fourth-order valence-corrected chi connectivity index (χ4v) is 1.60. The van der Waals surface area contributed by atoms with Crippen LogP contribution in [-0.4, -0.2) is 21.6 Å². The van der Waals surface area contributed by atoms with Crippen molar-refractivity contribution in [2.45, 2.75) is 13.3 Å². The van der Waals surface area contributed by atoms with Gasteiger partial charge in [0.1, 0.15) is 0 Å². The molecule has 1 aromatic heterocycles. The van der Waals surface area contributed by atoms with Crippen molar-refractivity contribution >= 4 is 17.5 Å². The molecular formula is C10H11N3O2. The van der Waals surface area contributed by atoms with E-state index < -0.39 is 0 Å². The SMILES string of the molecule is CCc1nn(C)cc1N1C(=O)C=CC1=O. The molecule has 0 unspecified atom stereocenters. The first-order valence-electron chi connectivity index (χ1n) is 4.72. The Morgan fingerprint density at radius 1 is 1.27 bits per heavy atom. The van der Waals surface area contributed by atoms with E-state index in [9.17, 15) is 9.59 Å². The van der Waals surface area contributed by atoms with Crippen LogP contribution in [0.25, 0.3) is 0 Å². The third-order valence-electron chi connectivity index (χ3n) is 2.27. The van der Waals surface area contributed by atoms with E-state index >= 15 is 0 Å². The molecule has 1 aliphatic rings. The van der Waals surface area contributed by atoms with Gasteiger partial charge in [-0.2, -0.15) is 5.10 Å². The molecule has 0 saturated carbocycles. The number of anilines is 1. The van der Waals surface area contributed by atoms with Gasteiger partial charge >= 0.3 is 0 Å². The molecule has 0 spiro atoms. The molecule has 0 saturated heterocycles. The normalized spacial score (nSPS) is 15.5. The van der Waals surface area contributed by atoms with Crippen LogP contribution in [0, 0.1) is 0 Å². The van der Waals surface area contributed by atoms with Crippen LogP contribution in [0.5, 0.6) is 0 Å². The highest BCUT2D eigenvalue weighted by molar-refractivity contribution is 6.28. The molecule has 2 heterocycles. The number of rotatable bonds is 2. The third kappa shape index (κ3) is 1.45. The summed E-state index contributed by atoms with van der Waals surface area (Å²) in [5.41, 5.74) is 1.34. The third-order valence-corrected chi connectivity index (χ3v) is 2.27. The lowest BCUT2D eigenvalue weighted by atomic mass is 10.3. The first-order chi connectivity index (χ1) is 7.13. The molecule has 2 amide bonds. The van der Waals surface area contributed by atoms with Crippen LogP contribution in [0.4, 0.5) is 5.69 Å². The lowest BCUT2D eigenvalue weighted by Gasteiger charge is -2.12. The number of hydrogen-bond acceptors (Lipinski definition) is 3. The van der Waals surface area contributed by atoms with Crippen molar-refractivity contribution in [1.29, 1.82) is 0 Å². The quantitative estimate of drug-likeness (QED) is 0.657. The van der Waals surface area contributed by atoms with Gasteiger partial charge in [-0.3, -0.25) is 14.3 Å². The summed E-state index contributed by atoms with van der Waals surface area (Å²) in [6.45, 7) is 1.93. The van der Waals surface area contributed by atoms with Crippen LogP contribution in [0.3, 0.4) is 0 Å². The molecule has 0 atom stereocenters. The Kier molecular flexibility index (Phi) is 2.15. The van der Waals surface area contributed by atoms with Crippen molar-refractivity contribution in [3.8, 4) is 0 Å². The minimum absolute atomic E-state index is 0.303. The molecule has 0 fully saturated rings. The lowest BCUT2D eigenvalue weighted by Crippen LogP contribution is -2.30. The molecule has 0 aromatic carbocycles. The summed E-state index contributed by atoms with van der Waals surface area (Å²) in [4.78, 5) is 24.0. The first-order valence-corrected chi connectivity index (χ1v) is 4.72. The van der Waals surface area contributed by atoms with Crippen molar-refractivity contribution in [2.75, 3.05) is 4.90 Å². The van der Waals surface area contributed by atoms with Crippen molar-refractivity contribution in [3.63, 3.8) is 0 Å². The average molecular weight is 205 g/mol. The van der Waals surface area contributed by atoms with E-state index in [0.717, 1.165) is 10.6 Å². The fraction of sp³-hybridized carbons (Fsp3) is 0.300. The summed E-state index contributed by atoms with van der Waals surface area (Å²) in [5, 5.41) is 4.19. The Labute approximate surface area is 87.0 Å². The van der Waals surface area contributed by atoms with Gasteiger partial charge in [-0.15, -0.1) is 0 Å². The Morgan fingerprint density at radius 2 is 1.87 bits per heavy atom. The van der Waals surface area contributed by atoms with Gasteiger partial charge in [0.15, 0.2) is 0 Å². The molecule has 1 aliphatic heterocycles. The summed E-state index contributed by atoms with van der Waals surface area (Å²) >= 11 is 0. The van der Waals surface area contributed by atoms with Gasteiger partial charge in [0, 0.05) is 25.4 Å². The van der Waals surface area contributed by atoms with Crippen LogP contribution in [0.15, 0.2) is 18.3 Å². The molecule has 78 valence electrons. The Morgan fingerprint density at radius 3 is 2.40 bits per heavy atom. The maximum Gasteiger partial charge on any atom is 0.258 e. The summed E-state index contributed by atoms with van der Waals surface area (Å²) in [6.07, 6.45) is 4.92. The highest BCUT2D eigenvalue weighted by Crippen LogP contribution is 2.22. The highest BCUT2D eigenvalue weighted by Gasteiger charge is 2.28. The summed E-state index contributed by atoms with van der Waals surface area (Å²) in [6, 6.07) is 0. The molecule has 1 aromatic rings. The second-order valence-corrected chi connectivity index (χ2v) is 3.33. The van der Waals surface area contributed by atoms with Crippen LogP contribution in [0.1, 0.15) is 12.6 Å². The number of aromatic nitrogens is 2. The van der Waals surface area contributed by atoms with Gasteiger partial charge in [0.2, 0.25) is 0 Å². The smallest absolute Gasteiger partial charge is 0.258 e. The molecule has 0 N–H and O–H groups in total. The monoisotopic (exact) mass is 205 g/mol. The van der Waals surface area contributed by atoms with Gasteiger partial charge in [0.05, 0.1) is 11.4 Å². The second-order valence-electron chi connectivity index (χ2n) is 3.33. The van der Waals surface area contributed by atoms with Crippen molar-refractivity contribution < 1.29 is 9.59 Å². The second kappa shape index (κ2) is 3.34. The fourth-order valence-electron chi connectivity index (χ4n) is 1.60. The number of hydrogen-bond donors (Lipinski definition) is 0. The van der Waals surface area contributed by atoms with Crippen LogP contribution in [-0.2, 0) is 23.1 Å². The number of nitrogens with zero attached hydrogens (tertiary/aromatic N) is 3. The zero-order valence-electron chi connectivity index (χ0n) is 8.60. The molecule has 5 heteroatoms. The van der Waals surface area contributed by atoms with Crippen molar-refractivity contribution in [1.82, 2.24) is 9.78 Å². The summed E-state index contributed by atoms with van der Waals surface area (Å²) in [7, 11) is 1.76. The topological polar surface area (TPSA) is 55.2 Å². The summed E-state index contributed by atoms with van der Waals surface area (Å²) in [5.74, 6) is -0.606. The molecule has 0 bridgehead atoms. The van der Waals surface area contributed by atoms with Gasteiger partial charge in [0.25, 0.3) is 11.8 Å². The summed E-state index contributed by atoms with van der Waals surface area (Å²) < 4.78 is 1.60. The zero-order valence-corrected chi connectivity index (χ0v) is 8.60. The van der Waals surface area contributed by atoms with Gasteiger partial charge in [-0.1, -0.05) is 6.92 Å². The maximum atomic E-state index is 11.4. The predicted molar refractivity (Wildman–Crippen MR) is 54.2 cm³/mol. The van der Waals surface area contributed by atoms with E-state index in [0.29, 0.717) is 12.1 Å². The van der Waals surface area contributed by atoms with Gasteiger partial charge in [-0.05, 0) is 6.42 Å². The molecule has 5 nitrogen and oxygen atoms in total. The molecule has 15 heavy (non-hydrogen) atoms. The van der Waals surface area contributed by atoms with E-state index in [4.69, 9.17) is 0 Å². The average Bonchev–Trinajstić information content (AvgIpc) is 2.70. The van der Waals surface area contributed by atoms with Crippen molar-refractivity contribution in [3.05, 3.63) is 24.0 Å². The zero-order chi connectivity index (χ0) is 11.0. The highest BCUT2D eigenvalue weighted by atomic mass is 16.2. The van der Waals surface area contributed by atoms with Crippen LogP contribution in [0.2, 0.25) is 0 Å². The van der Waals surface area contributed by atoms with Gasteiger partial charge in [-0.25, -0.2) is 4.90 Å². The number of imide groups is 1. The standard InChI is InChI=1S/C10H11N3O2/c1-3-7-8(6-12(2)11-7)13-9(14)4-5-10(13)15/h4-6H,3H2,1-2H3. The largest absolute Gasteiger partial charge is 0.273 e. The van der Waals surface area contributed by atoms with E-state index in [1.54, 1.807) is 17.9 Å². The van der Waals surface area contributed by atoms with Gasteiger partial charge < -0.3 is 0 Å². The predicted octanol–water partition coefficient (Wildman–Crippen LogP) is 0.412. The van der Waals surface area contributed by atoms with E-state index in [2.05, 4.69) is 5.10 Å². The van der Waals surface area contributed by atoms with E-state index in [-0.39, 0.29) is 11.8 Å². The van der Waals surface area contributed by atoms with E-state index in [1.165, 1.54) is 12.2 Å². The number of carbonyl (C=O) groups excluding carboxylic acids is 2. The number of carbonyl (C=O) groups is 2. The first kappa shape index (κ1) is 9.64. The molecule has 2 rings (SSSR count). The Bertz CT molecular complexity index is 441. The Balaban J connectivity index is 2.45.